The van der Waals surface area contributed by atoms with Crippen LogP contribution in [-0.2, 0) is 13.0 Å². The highest BCUT2D eigenvalue weighted by atomic mass is 16.5. The Hall–Kier alpha value is -2.01. The Labute approximate surface area is 125 Å². The van der Waals surface area contributed by atoms with Crippen molar-refractivity contribution in [1.29, 1.82) is 0 Å². The Kier molecular flexibility index (Phi) is 6.09. The van der Waals surface area contributed by atoms with Gasteiger partial charge >= 0.3 is 0 Å². The number of rotatable bonds is 9. The van der Waals surface area contributed by atoms with Crippen LogP contribution >= 0.6 is 0 Å². The first kappa shape index (κ1) is 15.4. The molecule has 2 aromatic rings. The number of nitrogens with two attached hydrogens (primary N) is 1. The summed E-state index contributed by atoms with van der Waals surface area (Å²) in [5.74, 6) is 1.70. The maximum Gasteiger partial charge on any atom is 0.126 e. The Morgan fingerprint density at radius 1 is 1.24 bits per heavy atom. The van der Waals surface area contributed by atoms with Crippen molar-refractivity contribution in [1.82, 2.24) is 9.55 Å². The molecule has 0 bridgehead atoms. The van der Waals surface area contributed by atoms with Gasteiger partial charge in [-0.3, -0.25) is 0 Å². The molecule has 5 heteroatoms. The van der Waals surface area contributed by atoms with Gasteiger partial charge in [0.05, 0.1) is 19.5 Å². The smallest absolute Gasteiger partial charge is 0.126 e. The summed E-state index contributed by atoms with van der Waals surface area (Å²) in [5.41, 5.74) is 6.77. The van der Waals surface area contributed by atoms with Crippen molar-refractivity contribution in [3.8, 4) is 11.5 Å². The lowest BCUT2D eigenvalue weighted by Crippen LogP contribution is -2.10. The minimum absolute atomic E-state index is 0.588. The van der Waals surface area contributed by atoms with E-state index in [0.717, 1.165) is 36.4 Å². The monoisotopic (exact) mass is 289 g/mol. The molecule has 0 aliphatic rings. The van der Waals surface area contributed by atoms with Crippen molar-refractivity contribution in [3.63, 3.8) is 0 Å². The molecule has 0 radical (unpaired) electrons. The molecule has 0 unspecified atom stereocenters. The van der Waals surface area contributed by atoms with Crippen molar-refractivity contribution >= 4 is 0 Å². The van der Waals surface area contributed by atoms with E-state index in [1.165, 1.54) is 0 Å². The molecule has 21 heavy (non-hydrogen) atoms. The van der Waals surface area contributed by atoms with Crippen LogP contribution in [0.25, 0.3) is 0 Å². The van der Waals surface area contributed by atoms with E-state index in [4.69, 9.17) is 15.2 Å². The Morgan fingerprint density at radius 2 is 2.14 bits per heavy atom. The fraction of sp³-hybridized carbons (Fsp3) is 0.438. The van der Waals surface area contributed by atoms with Gasteiger partial charge in [0.2, 0.25) is 0 Å². The molecule has 0 saturated carbocycles. The van der Waals surface area contributed by atoms with Crippen LogP contribution < -0.4 is 15.2 Å². The summed E-state index contributed by atoms with van der Waals surface area (Å²) in [6, 6.07) is 5.96. The van der Waals surface area contributed by atoms with Crippen LogP contribution in [0.4, 0.5) is 0 Å². The van der Waals surface area contributed by atoms with Crippen LogP contribution in [0.2, 0.25) is 0 Å². The summed E-state index contributed by atoms with van der Waals surface area (Å²) in [6.45, 7) is 4.76. The lowest BCUT2D eigenvalue weighted by atomic mass is 10.1. The van der Waals surface area contributed by atoms with E-state index in [0.29, 0.717) is 19.8 Å². The number of imidazole rings is 1. The summed E-state index contributed by atoms with van der Waals surface area (Å²) in [4.78, 5) is 4.01. The maximum atomic E-state index is 5.90. The minimum Gasteiger partial charge on any atom is -0.493 e. The largest absolute Gasteiger partial charge is 0.493 e. The molecule has 114 valence electrons. The van der Waals surface area contributed by atoms with E-state index in [9.17, 15) is 0 Å². The standard InChI is InChI=1S/C16H23N3O2/c1-2-10-20-15-4-3-14(5-6-17)16(12-15)21-11-9-19-8-7-18-13-19/h3-4,7-8,12-13H,2,5-6,9-11,17H2,1H3. The van der Waals surface area contributed by atoms with Crippen LogP contribution in [0.1, 0.15) is 18.9 Å². The van der Waals surface area contributed by atoms with Crippen LogP contribution in [0.3, 0.4) is 0 Å². The molecule has 2 rings (SSSR count). The third-order valence-electron chi connectivity index (χ3n) is 3.09. The second-order valence-corrected chi connectivity index (χ2v) is 4.81. The summed E-state index contributed by atoms with van der Waals surface area (Å²) in [6.07, 6.45) is 7.25. The van der Waals surface area contributed by atoms with E-state index in [-0.39, 0.29) is 0 Å². The van der Waals surface area contributed by atoms with Gasteiger partial charge in [0, 0.05) is 18.5 Å². The quantitative estimate of drug-likeness (QED) is 0.769. The van der Waals surface area contributed by atoms with E-state index >= 15 is 0 Å². The molecule has 1 aromatic carbocycles. The second kappa shape index (κ2) is 8.32. The highest BCUT2D eigenvalue weighted by molar-refractivity contribution is 5.41. The maximum absolute atomic E-state index is 5.90. The number of nitrogens with zero attached hydrogens (tertiary/aromatic N) is 2. The molecular weight excluding hydrogens is 266 g/mol. The van der Waals surface area contributed by atoms with Crippen LogP contribution in [0, 0.1) is 0 Å². The van der Waals surface area contributed by atoms with Gasteiger partial charge in [0.15, 0.2) is 0 Å². The first-order valence-corrected chi connectivity index (χ1v) is 7.37. The van der Waals surface area contributed by atoms with Gasteiger partial charge in [-0.2, -0.15) is 0 Å². The van der Waals surface area contributed by atoms with E-state index in [1.807, 2.05) is 29.0 Å². The van der Waals surface area contributed by atoms with Gasteiger partial charge in [-0.1, -0.05) is 13.0 Å². The summed E-state index contributed by atoms with van der Waals surface area (Å²) in [7, 11) is 0. The third kappa shape index (κ3) is 4.79. The molecule has 0 amide bonds. The number of hydrogen-bond acceptors (Lipinski definition) is 4. The lowest BCUT2D eigenvalue weighted by molar-refractivity contribution is 0.287. The van der Waals surface area contributed by atoms with Crippen molar-refractivity contribution in [2.45, 2.75) is 26.3 Å². The highest BCUT2D eigenvalue weighted by Crippen LogP contribution is 2.25. The molecule has 2 N–H and O–H groups in total. The first-order chi connectivity index (χ1) is 10.3. The van der Waals surface area contributed by atoms with Gasteiger partial charge in [-0.05, 0) is 31.0 Å². The van der Waals surface area contributed by atoms with E-state index in [2.05, 4.69) is 11.9 Å². The zero-order valence-corrected chi connectivity index (χ0v) is 12.5. The second-order valence-electron chi connectivity index (χ2n) is 4.81. The number of hydrogen-bond donors (Lipinski definition) is 1. The molecule has 0 aliphatic heterocycles. The Balaban J connectivity index is 1.99. The molecule has 0 atom stereocenters. The molecule has 1 heterocycles. The van der Waals surface area contributed by atoms with Gasteiger partial charge in [0.1, 0.15) is 18.1 Å². The average molecular weight is 289 g/mol. The van der Waals surface area contributed by atoms with Crippen molar-refractivity contribution < 1.29 is 9.47 Å². The zero-order chi connectivity index (χ0) is 14.9. The van der Waals surface area contributed by atoms with Gasteiger partial charge < -0.3 is 19.8 Å². The fourth-order valence-corrected chi connectivity index (χ4v) is 2.02. The zero-order valence-electron chi connectivity index (χ0n) is 12.5. The molecule has 0 fully saturated rings. The topological polar surface area (TPSA) is 62.3 Å². The minimum atomic E-state index is 0.588. The number of aromatic nitrogens is 2. The molecule has 0 spiro atoms. The van der Waals surface area contributed by atoms with Crippen LogP contribution in [0.5, 0.6) is 11.5 Å². The van der Waals surface area contributed by atoms with Gasteiger partial charge in [-0.25, -0.2) is 4.98 Å². The average Bonchev–Trinajstić information content (AvgIpc) is 3.01. The highest BCUT2D eigenvalue weighted by Gasteiger charge is 2.06. The van der Waals surface area contributed by atoms with Crippen LogP contribution in [0.15, 0.2) is 36.9 Å². The van der Waals surface area contributed by atoms with Crippen molar-refractivity contribution in [2.75, 3.05) is 19.8 Å². The van der Waals surface area contributed by atoms with Gasteiger partial charge in [-0.15, -0.1) is 0 Å². The van der Waals surface area contributed by atoms with E-state index in [1.54, 1.807) is 12.5 Å². The predicted octanol–water partition coefficient (Wildman–Crippen LogP) is 2.25. The normalized spacial score (nSPS) is 10.6. The predicted molar refractivity (Wildman–Crippen MR) is 82.7 cm³/mol. The third-order valence-corrected chi connectivity index (χ3v) is 3.09. The molecular formula is C16H23N3O2. The van der Waals surface area contributed by atoms with Gasteiger partial charge in [0.25, 0.3) is 0 Å². The fourth-order valence-electron chi connectivity index (χ4n) is 2.02. The number of benzene rings is 1. The molecule has 5 nitrogen and oxygen atoms in total. The lowest BCUT2D eigenvalue weighted by Gasteiger charge is -2.13. The van der Waals surface area contributed by atoms with E-state index < -0.39 is 0 Å². The molecule has 1 aromatic heterocycles. The summed E-state index contributed by atoms with van der Waals surface area (Å²) in [5, 5.41) is 0. The Morgan fingerprint density at radius 3 is 2.86 bits per heavy atom. The Bertz CT molecular complexity index is 526. The summed E-state index contributed by atoms with van der Waals surface area (Å²) >= 11 is 0. The van der Waals surface area contributed by atoms with Crippen molar-refractivity contribution in [2.24, 2.45) is 5.73 Å². The first-order valence-electron chi connectivity index (χ1n) is 7.37. The van der Waals surface area contributed by atoms with Crippen molar-refractivity contribution in [3.05, 3.63) is 42.5 Å². The molecule has 0 saturated heterocycles. The summed E-state index contributed by atoms with van der Waals surface area (Å²) < 4.78 is 13.5. The SMILES string of the molecule is CCCOc1ccc(CCN)c(OCCn2ccnc2)c1. The molecule has 0 aliphatic carbocycles. The number of ether oxygens (including phenoxy) is 2. The van der Waals surface area contributed by atoms with Crippen LogP contribution in [-0.4, -0.2) is 29.3 Å².